The van der Waals surface area contributed by atoms with E-state index in [1.165, 1.54) is 0 Å². The molecule has 0 radical (unpaired) electrons. The summed E-state index contributed by atoms with van der Waals surface area (Å²) < 4.78 is 5.33. The molecule has 1 heterocycles. The molecule has 1 aromatic heterocycles. The molecule has 0 saturated carbocycles. The molecule has 0 bridgehead atoms. The second kappa shape index (κ2) is 6.62. The Morgan fingerprint density at radius 3 is 2.93 bits per heavy atom. The van der Waals surface area contributed by atoms with E-state index in [1.54, 1.807) is 6.26 Å². The van der Waals surface area contributed by atoms with E-state index in [4.69, 9.17) is 9.52 Å². The quantitative estimate of drug-likeness (QED) is 0.658. The van der Waals surface area contributed by atoms with Gasteiger partial charge in [0, 0.05) is 6.61 Å². The van der Waals surface area contributed by atoms with Crippen LogP contribution in [0.4, 0.5) is 0 Å². The van der Waals surface area contributed by atoms with Crippen molar-refractivity contribution in [2.45, 2.75) is 32.2 Å². The minimum Gasteiger partial charge on any atom is -0.468 e. The van der Waals surface area contributed by atoms with E-state index in [2.05, 4.69) is 12.2 Å². The first-order valence-corrected chi connectivity index (χ1v) is 5.26. The van der Waals surface area contributed by atoms with Crippen molar-refractivity contribution in [3.05, 3.63) is 24.2 Å². The monoisotopic (exact) mass is 197 g/mol. The van der Waals surface area contributed by atoms with Crippen LogP contribution in [0.5, 0.6) is 0 Å². The number of aliphatic hydroxyl groups excluding tert-OH is 1. The highest BCUT2D eigenvalue weighted by Crippen LogP contribution is 2.16. The highest BCUT2D eigenvalue weighted by molar-refractivity contribution is 5.03. The van der Waals surface area contributed by atoms with Gasteiger partial charge in [-0.15, -0.1) is 0 Å². The average Bonchev–Trinajstić information content (AvgIpc) is 2.71. The molecule has 0 aliphatic rings. The average molecular weight is 197 g/mol. The highest BCUT2D eigenvalue weighted by atomic mass is 16.3. The number of furan rings is 1. The maximum Gasteiger partial charge on any atom is 0.120 e. The van der Waals surface area contributed by atoms with E-state index in [-0.39, 0.29) is 6.61 Å². The molecule has 0 amide bonds. The largest absolute Gasteiger partial charge is 0.468 e. The van der Waals surface area contributed by atoms with E-state index in [9.17, 15) is 0 Å². The molecule has 0 fully saturated rings. The summed E-state index contributed by atoms with van der Waals surface area (Å²) in [5, 5.41) is 12.0. The third-order valence-electron chi connectivity index (χ3n) is 2.27. The van der Waals surface area contributed by atoms with Crippen molar-refractivity contribution < 1.29 is 9.52 Å². The Kier molecular flexibility index (Phi) is 5.33. The van der Waals surface area contributed by atoms with Gasteiger partial charge in [0.05, 0.1) is 12.3 Å². The molecule has 1 atom stereocenters. The molecule has 0 aliphatic carbocycles. The Morgan fingerprint density at radius 1 is 1.50 bits per heavy atom. The zero-order valence-electron chi connectivity index (χ0n) is 8.70. The molecule has 1 unspecified atom stereocenters. The van der Waals surface area contributed by atoms with Gasteiger partial charge in [0.25, 0.3) is 0 Å². The number of hydrogen-bond donors (Lipinski definition) is 2. The lowest BCUT2D eigenvalue weighted by Crippen LogP contribution is -2.21. The summed E-state index contributed by atoms with van der Waals surface area (Å²) in [6, 6.07) is 4.21. The molecule has 1 rings (SSSR count). The van der Waals surface area contributed by atoms with Crippen LogP contribution in [0.25, 0.3) is 0 Å². The van der Waals surface area contributed by atoms with Gasteiger partial charge in [-0.2, -0.15) is 0 Å². The van der Waals surface area contributed by atoms with Gasteiger partial charge < -0.3 is 14.8 Å². The molecule has 2 N–H and O–H groups in total. The van der Waals surface area contributed by atoms with Crippen molar-refractivity contribution >= 4 is 0 Å². The van der Waals surface area contributed by atoms with E-state index < -0.39 is 0 Å². The van der Waals surface area contributed by atoms with Gasteiger partial charge in [0.2, 0.25) is 0 Å². The van der Waals surface area contributed by atoms with Gasteiger partial charge in [-0.1, -0.05) is 6.92 Å². The van der Waals surface area contributed by atoms with Crippen molar-refractivity contribution in [2.75, 3.05) is 13.2 Å². The SMILES string of the molecule is CCC(NCCCCO)c1ccco1. The molecule has 14 heavy (non-hydrogen) atoms. The van der Waals surface area contributed by atoms with Gasteiger partial charge in [-0.05, 0) is 37.9 Å². The Bertz CT molecular complexity index is 221. The summed E-state index contributed by atoms with van der Waals surface area (Å²) in [7, 11) is 0. The van der Waals surface area contributed by atoms with Crippen molar-refractivity contribution in [1.82, 2.24) is 5.32 Å². The van der Waals surface area contributed by atoms with Crippen molar-refractivity contribution in [3.63, 3.8) is 0 Å². The van der Waals surface area contributed by atoms with Crippen LogP contribution in [-0.4, -0.2) is 18.3 Å². The Balaban J connectivity index is 2.26. The minimum atomic E-state index is 0.277. The number of rotatable bonds is 7. The molecule has 3 nitrogen and oxygen atoms in total. The fourth-order valence-corrected chi connectivity index (χ4v) is 1.45. The van der Waals surface area contributed by atoms with Gasteiger partial charge in [-0.25, -0.2) is 0 Å². The Labute approximate surface area is 85.1 Å². The molecular weight excluding hydrogens is 178 g/mol. The Morgan fingerprint density at radius 2 is 2.36 bits per heavy atom. The van der Waals surface area contributed by atoms with Crippen LogP contribution < -0.4 is 5.32 Å². The maximum absolute atomic E-state index is 8.63. The lowest BCUT2D eigenvalue weighted by Gasteiger charge is -2.13. The summed E-state index contributed by atoms with van der Waals surface area (Å²) in [5.41, 5.74) is 0. The summed E-state index contributed by atoms with van der Waals surface area (Å²) >= 11 is 0. The lowest BCUT2D eigenvalue weighted by atomic mass is 10.1. The van der Waals surface area contributed by atoms with E-state index in [1.807, 2.05) is 12.1 Å². The standard InChI is InChI=1S/C11H19NO2/c1-2-10(11-6-5-9-14-11)12-7-3-4-8-13/h5-6,9-10,12-13H,2-4,7-8H2,1H3. The van der Waals surface area contributed by atoms with Crippen LogP contribution in [0, 0.1) is 0 Å². The molecule has 0 aliphatic heterocycles. The van der Waals surface area contributed by atoms with E-state index in [0.717, 1.165) is 31.6 Å². The first-order chi connectivity index (χ1) is 6.88. The summed E-state index contributed by atoms with van der Waals surface area (Å²) in [5.74, 6) is 0.997. The van der Waals surface area contributed by atoms with Gasteiger partial charge in [0.15, 0.2) is 0 Å². The van der Waals surface area contributed by atoms with Crippen LogP contribution in [-0.2, 0) is 0 Å². The fraction of sp³-hybridized carbons (Fsp3) is 0.636. The van der Waals surface area contributed by atoms with Crippen molar-refractivity contribution in [2.24, 2.45) is 0 Å². The van der Waals surface area contributed by atoms with Gasteiger partial charge in [-0.3, -0.25) is 0 Å². The number of hydrogen-bond acceptors (Lipinski definition) is 3. The normalized spacial score (nSPS) is 13.0. The van der Waals surface area contributed by atoms with Gasteiger partial charge in [0.1, 0.15) is 5.76 Å². The fourth-order valence-electron chi connectivity index (χ4n) is 1.45. The van der Waals surface area contributed by atoms with Crippen LogP contribution in [0.3, 0.4) is 0 Å². The summed E-state index contributed by atoms with van der Waals surface area (Å²) in [4.78, 5) is 0. The zero-order valence-corrected chi connectivity index (χ0v) is 8.70. The first-order valence-electron chi connectivity index (χ1n) is 5.26. The number of unbranched alkanes of at least 4 members (excludes halogenated alkanes) is 1. The van der Waals surface area contributed by atoms with E-state index in [0.29, 0.717) is 6.04 Å². The smallest absolute Gasteiger partial charge is 0.120 e. The first kappa shape index (κ1) is 11.3. The molecule has 80 valence electrons. The maximum atomic E-state index is 8.63. The van der Waals surface area contributed by atoms with Crippen molar-refractivity contribution in [3.8, 4) is 0 Å². The van der Waals surface area contributed by atoms with Crippen LogP contribution in [0.2, 0.25) is 0 Å². The van der Waals surface area contributed by atoms with Crippen LogP contribution >= 0.6 is 0 Å². The zero-order chi connectivity index (χ0) is 10.2. The molecule has 0 saturated heterocycles. The molecule has 1 aromatic rings. The predicted molar refractivity (Wildman–Crippen MR) is 56.1 cm³/mol. The molecular formula is C11H19NO2. The summed E-state index contributed by atoms with van der Waals surface area (Å²) in [6.07, 6.45) is 4.59. The van der Waals surface area contributed by atoms with Gasteiger partial charge >= 0.3 is 0 Å². The number of nitrogens with one attached hydrogen (secondary N) is 1. The van der Waals surface area contributed by atoms with Crippen LogP contribution in [0.15, 0.2) is 22.8 Å². The topological polar surface area (TPSA) is 45.4 Å². The second-order valence-corrected chi connectivity index (χ2v) is 3.36. The molecule has 3 heteroatoms. The summed E-state index contributed by atoms with van der Waals surface area (Å²) in [6.45, 7) is 3.34. The number of aliphatic hydroxyl groups is 1. The third kappa shape index (κ3) is 3.52. The predicted octanol–water partition coefficient (Wildman–Crippen LogP) is 2.09. The third-order valence-corrected chi connectivity index (χ3v) is 2.27. The second-order valence-electron chi connectivity index (χ2n) is 3.36. The molecule has 0 spiro atoms. The minimum absolute atomic E-state index is 0.277. The lowest BCUT2D eigenvalue weighted by molar-refractivity contribution is 0.281. The van der Waals surface area contributed by atoms with Crippen molar-refractivity contribution in [1.29, 1.82) is 0 Å². The molecule has 0 aromatic carbocycles. The Hall–Kier alpha value is -0.800. The van der Waals surface area contributed by atoms with Crippen LogP contribution in [0.1, 0.15) is 38.0 Å². The van der Waals surface area contributed by atoms with E-state index >= 15 is 0 Å². The highest BCUT2D eigenvalue weighted by Gasteiger charge is 2.09.